The number of ether oxygens (including phenoxy) is 2. The van der Waals surface area contributed by atoms with Crippen molar-refractivity contribution in [2.45, 2.75) is 140 Å². The molecule has 10 heteroatoms. The Morgan fingerprint density at radius 1 is 0.682 bits per heavy atom. The maximum atomic E-state index is 12.8. The molecule has 0 spiro atoms. The topological polar surface area (TPSA) is 120 Å². The maximum absolute atomic E-state index is 12.8. The van der Waals surface area contributed by atoms with E-state index in [1.807, 2.05) is 0 Å². The molecule has 0 atom stereocenters. The van der Waals surface area contributed by atoms with Gasteiger partial charge in [-0.15, -0.1) is 0 Å². The number of unbranched alkanes of at least 4 members (excludes halogenated alkanes) is 18. The van der Waals surface area contributed by atoms with Crippen LogP contribution >= 0.6 is 0 Å². The van der Waals surface area contributed by atoms with Gasteiger partial charge in [0.1, 0.15) is 0 Å². The zero-order valence-electron chi connectivity index (χ0n) is 27.4. The minimum atomic E-state index is -3.91. The van der Waals surface area contributed by atoms with Gasteiger partial charge in [0.15, 0.2) is 5.82 Å². The normalized spacial score (nSPS) is 11.3. The summed E-state index contributed by atoms with van der Waals surface area (Å²) in [5, 5.41) is 2.85. The lowest BCUT2D eigenvalue weighted by Crippen LogP contribution is -2.15. The molecule has 0 saturated heterocycles. The van der Waals surface area contributed by atoms with Gasteiger partial charge in [0.25, 0.3) is 10.0 Å². The molecular formula is C34H56N4O5S. The Morgan fingerprint density at radius 3 is 1.61 bits per heavy atom. The fraction of sp³-hybridized carbons (Fsp3) is 0.676. The second kappa shape index (κ2) is 22.6. The van der Waals surface area contributed by atoms with Gasteiger partial charge in [-0.25, -0.2) is 8.42 Å². The quantitative estimate of drug-likeness (QED) is 0.0993. The molecule has 1 aromatic carbocycles. The van der Waals surface area contributed by atoms with Crippen molar-refractivity contribution in [3.8, 4) is 11.9 Å². The molecule has 1 heterocycles. The number of nitrogens with one attached hydrogen (secondary N) is 2. The number of anilines is 2. The minimum Gasteiger partial charge on any atom is -0.481 e. The van der Waals surface area contributed by atoms with Crippen LogP contribution in [-0.4, -0.2) is 38.5 Å². The minimum absolute atomic E-state index is 0.0191. The van der Waals surface area contributed by atoms with Gasteiger partial charge in [0, 0.05) is 18.2 Å². The molecule has 1 amide bonds. The number of rotatable bonds is 26. The summed E-state index contributed by atoms with van der Waals surface area (Å²) in [6.07, 6.45) is 25.5. The zero-order chi connectivity index (χ0) is 31.9. The van der Waals surface area contributed by atoms with E-state index in [1.165, 1.54) is 135 Å². The second-order valence-corrected chi connectivity index (χ2v) is 13.3. The van der Waals surface area contributed by atoms with E-state index in [9.17, 15) is 13.2 Å². The van der Waals surface area contributed by atoms with Crippen molar-refractivity contribution in [2.24, 2.45) is 0 Å². The molecule has 248 valence electrons. The van der Waals surface area contributed by atoms with Gasteiger partial charge in [-0.05, 0) is 30.7 Å². The van der Waals surface area contributed by atoms with Gasteiger partial charge < -0.3 is 14.8 Å². The Labute approximate surface area is 266 Å². The van der Waals surface area contributed by atoms with Crippen LogP contribution in [0.15, 0.2) is 35.2 Å². The molecule has 0 radical (unpaired) electrons. The van der Waals surface area contributed by atoms with Crippen LogP contribution in [0.25, 0.3) is 0 Å². The van der Waals surface area contributed by atoms with Crippen LogP contribution < -0.4 is 19.5 Å². The summed E-state index contributed by atoms with van der Waals surface area (Å²) in [5.74, 6) is 0.120. The number of amides is 1. The van der Waals surface area contributed by atoms with Crippen LogP contribution in [0.4, 0.5) is 11.5 Å². The van der Waals surface area contributed by atoms with Crippen LogP contribution in [0.2, 0.25) is 0 Å². The van der Waals surface area contributed by atoms with Crippen LogP contribution in [-0.2, 0) is 14.8 Å². The molecule has 0 aliphatic carbocycles. The first kappa shape index (κ1) is 37.3. The number of hydrogen-bond acceptors (Lipinski definition) is 7. The second-order valence-electron chi connectivity index (χ2n) is 11.6. The summed E-state index contributed by atoms with van der Waals surface area (Å²) in [7, 11) is -1.12. The predicted octanol–water partition coefficient (Wildman–Crippen LogP) is 9.06. The molecule has 44 heavy (non-hydrogen) atoms. The van der Waals surface area contributed by atoms with Crippen molar-refractivity contribution < 1.29 is 22.7 Å². The van der Waals surface area contributed by atoms with E-state index >= 15 is 0 Å². The first-order valence-corrected chi connectivity index (χ1v) is 18.3. The Hall–Kier alpha value is -2.88. The monoisotopic (exact) mass is 632 g/mol. The molecule has 2 rings (SSSR count). The Morgan fingerprint density at radius 2 is 1.16 bits per heavy atom. The summed E-state index contributed by atoms with van der Waals surface area (Å²) in [5.41, 5.74) is 0.553. The highest BCUT2D eigenvalue weighted by molar-refractivity contribution is 7.92. The van der Waals surface area contributed by atoms with E-state index in [-0.39, 0.29) is 28.5 Å². The zero-order valence-corrected chi connectivity index (χ0v) is 28.2. The molecule has 9 nitrogen and oxygen atoms in total. The smallest absolute Gasteiger partial charge is 0.321 e. The first-order chi connectivity index (χ1) is 21.4. The van der Waals surface area contributed by atoms with Gasteiger partial charge in [-0.2, -0.15) is 9.97 Å². The third-order valence-corrected chi connectivity index (χ3v) is 9.14. The molecular weight excluding hydrogens is 576 g/mol. The van der Waals surface area contributed by atoms with Crippen LogP contribution in [0.1, 0.15) is 135 Å². The van der Waals surface area contributed by atoms with Gasteiger partial charge >= 0.3 is 6.01 Å². The fourth-order valence-electron chi connectivity index (χ4n) is 5.15. The largest absolute Gasteiger partial charge is 0.481 e. The molecule has 1 aromatic heterocycles. The number of aromatic nitrogens is 2. The third-order valence-electron chi connectivity index (χ3n) is 7.77. The van der Waals surface area contributed by atoms with Gasteiger partial charge in [-0.3, -0.25) is 9.52 Å². The molecule has 0 saturated carbocycles. The molecule has 0 fully saturated rings. The lowest BCUT2D eigenvalue weighted by molar-refractivity contribution is -0.116. The van der Waals surface area contributed by atoms with E-state index in [0.717, 1.165) is 19.3 Å². The molecule has 0 unspecified atom stereocenters. The Balaban J connectivity index is 1.50. The molecule has 2 aromatic rings. The highest BCUT2D eigenvalue weighted by atomic mass is 32.2. The highest BCUT2D eigenvalue weighted by Crippen LogP contribution is 2.22. The van der Waals surface area contributed by atoms with Crippen molar-refractivity contribution >= 4 is 27.4 Å². The Kier molecular flexibility index (Phi) is 19.2. The van der Waals surface area contributed by atoms with E-state index < -0.39 is 10.0 Å². The van der Waals surface area contributed by atoms with E-state index in [4.69, 9.17) is 9.47 Å². The predicted molar refractivity (Wildman–Crippen MR) is 179 cm³/mol. The summed E-state index contributed by atoms with van der Waals surface area (Å²) < 4.78 is 38.0. The van der Waals surface area contributed by atoms with Crippen LogP contribution in [0.5, 0.6) is 11.9 Å². The van der Waals surface area contributed by atoms with Gasteiger partial charge in [0.05, 0.1) is 19.1 Å². The molecule has 2 N–H and O–H groups in total. The Bertz CT molecular complexity index is 1140. The van der Waals surface area contributed by atoms with Crippen molar-refractivity contribution in [1.29, 1.82) is 0 Å². The van der Waals surface area contributed by atoms with E-state index in [1.54, 1.807) is 12.1 Å². The number of sulfonamides is 1. The van der Waals surface area contributed by atoms with Crippen LogP contribution in [0, 0.1) is 0 Å². The fourth-order valence-corrected chi connectivity index (χ4v) is 6.15. The highest BCUT2D eigenvalue weighted by Gasteiger charge is 2.17. The lowest BCUT2D eigenvalue weighted by Gasteiger charge is -2.10. The molecule has 0 bridgehead atoms. The van der Waals surface area contributed by atoms with E-state index in [2.05, 4.69) is 26.9 Å². The first-order valence-electron chi connectivity index (χ1n) is 16.8. The molecule has 0 aliphatic heterocycles. The van der Waals surface area contributed by atoms with Crippen molar-refractivity contribution in [3.05, 3.63) is 30.3 Å². The lowest BCUT2D eigenvalue weighted by atomic mass is 10.0. The van der Waals surface area contributed by atoms with E-state index in [0.29, 0.717) is 12.1 Å². The average Bonchev–Trinajstić information content (AvgIpc) is 3.02. The van der Waals surface area contributed by atoms with Crippen molar-refractivity contribution in [3.63, 3.8) is 0 Å². The molecule has 0 aliphatic rings. The summed E-state index contributed by atoms with van der Waals surface area (Å²) in [6, 6.07) is 7.35. The van der Waals surface area contributed by atoms with Gasteiger partial charge in [-0.1, -0.05) is 122 Å². The summed E-state index contributed by atoms with van der Waals surface area (Å²) in [6.45, 7) is 2.28. The standard InChI is InChI=1S/C34H56N4O5S/c1-4-5-6-7-8-9-10-11-12-13-14-15-16-17-18-19-20-21-22-23-32(39)35-29-24-26-30(27-25-29)44(40,41)38-31-28-33(42-2)37-34(36-31)43-3/h24-28H,4-23H2,1-3H3,(H,35,39)(H,36,37,38). The number of carbonyl (C=O) groups excluding carboxylic acids is 1. The number of methoxy groups -OCH3 is 2. The van der Waals surface area contributed by atoms with Crippen molar-refractivity contribution in [2.75, 3.05) is 24.3 Å². The van der Waals surface area contributed by atoms with Crippen molar-refractivity contribution in [1.82, 2.24) is 9.97 Å². The number of hydrogen-bond donors (Lipinski definition) is 2. The summed E-state index contributed by atoms with van der Waals surface area (Å²) in [4.78, 5) is 20.3. The van der Waals surface area contributed by atoms with Gasteiger partial charge in [0.2, 0.25) is 11.8 Å². The SMILES string of the molecule is CCCCCCCCCCCCCCCCCCCCCC(=O)Nc1ccc(S(=O)(=O)Nc2cc(OC)nc(OC)n2)cc1. The maximum Gasteiger partial charge on any atom is 0.321 e. The summed E-state index contributed by atoms with van der Waals surface area (Å²) >= 11 is 0. The number of nitrogens with zero attached hydrogens (tertiary/aromatic N) is 2. The van der Waals surface area contributed by atoms with Crippen LogP contribution in [0.3, 0.4) is 0 Å². The average molecular weight is 633 g/mol. The third kappa shape index (κ3) is 16.3. The number of carbonyl (C=O) groups is 1. The number of benzene rings is 1.